The van der Waals surface area contributed by atoms with Crippen molar-refractivity contribution in [2.24, 2.45) is 0 Å². The van der Waals surface area contributed by atoms with E-state index in [0.29, 0.717) is 19.7 Å². The quantitative estimate of drug-likeness (QED) is 0.788. The van der Waals surface area contributed by atoms with Gasteiger partial charge in [-0.3, -0.25) is 14.5 Å². The first-order chi connectivity index (χ1) is 9.08. The minimum absolute atomic E-state index is 0.00112. The van der Waals surface area contributed by atoms with Crippen LogP contribution in [0.15, 0.2) is 0 Å². The summed E-state index contributed by atoms with van der Waals surface area (Å²) < 4.78 is 5.43. The molecule has 2 aliphatic heterocycles. The molecule has 2 aliphatic rings. The molecule has 19 heavy (non-hydrogen) atoms. The van der Waals surface area contributed by atoms with Crippen molar-refractivity contribution in [3.05, 3.63) is 0 Å². The number of carbonyl (C=O) groups excluding carboxylic acids is 1. The SMILES string of the molecule is CC(C(=O)N1CCCC1)N1CCOC(CC(=O)O)C1. The van der Waals surface area contributed by atoms with E-state index in [2.05, 4.69) is 0 Å². The Bertz CT molecular complexity index is 342. The number of likely N-dealkylation sites (tertiary alicyclic amines) is 1. The Balaban J connectivity index is 1.88. The van der Waals surface area contributed by atoms with Gasteiger partial charge in [-0.05, 0) is 19.8 Å². The highest BCUT2D eigenvalue weighted by atomic mass is 16.5. The third-order valence-electron chi connectivity index (χ3n) is 3.90. The second-order valence-corrected chi connectivity index (χ2v) is 5.29. The van der Waals surface area contributed by atoms with Crippen LogP contribution in [0, 0.1) is 0 Å². The van der Waals surface area contributed by atoms with Crippen LogP contribution in [-0.2, 0) is 14.3 Å². The molecule has 0 saturated carbocycles. The van der Waals surface area contributed by atoms with Gasteiger partial charge in [-0.2, -0.15) is 0 Å². The highest BCUT2D eigenvalue weighted by Crippen LogP contribution is 2.16. The molecule has 0 aromatic rings. The van der Waals surface area contributed by atoms with E-state index in [0.717, 1.165) is 25.9 Å². The van der Waals surface area contributed by atoms with Gasteiger partial charge in [0.25, 0.3) is 0 Å². The number of amides is 1. The zero-order chi connectivity index (χ0) is 13.8. The fraction of sp³-hybridized carbons (Fsp3) is 0.846. The number of hydrogen-bond acceptors (Lipinski definition) is 4. The molecule has 108 valence electrons. The lowest BCUT2D eigenvalue weighted by Crippen LogP contribution is -2.53. The molecule has 2 heterocycles. The molecule has 0 aromatic carbocycles. The van der Waals surface area contributed by atoms with Crippen molar-refractivity contribution in [3.63, 3.8) is 0 Å². The minimum atomic E-state index is -0.856. The van der Waals surface area contributed by atoms with Gasteiger partial charge in [-0.15, -0.1) is 0 Å². The molecule has 0 aliphatic carbocycles. The van der Waals surface area contributed by atoms with E-state index in [1.807, 2.05) is 16.7 Å². The molecule has 0 radical (unpaired) electrons. The highest BCUT2D eigenvalue weighted by molar-refractivity contribution is 5.81. The maximum Gasteiger partial charge on any atom is 0.306 e. The summed E-state index contributed by atoms with van der Waals surface area (Å²) in [5, 5.41) is 8.80. The van der Waals surface area contributed by atoms with Gasteiger partial charge < -0.3 is 14.7 Å². The maximum atomic E-state index is 12.3. The summed E-state index contributed by atoms with van der Waals surface area (Å²) in [5.74, 6) is -0.696. The van der Waals surface area contributed by atoms with Gasteiger partial charge in [0.2, 0.25) is 5.91 Å². The summed E-state index contributed by atoms with van der Waals surface area (Å²) in [7, 11) is 0. The van der Waals surface area contributed by atoms with Crippen molar-refractivity contribution in [2.75, 3.05) is 32.8 Å². The average molecular weight is 270 g/mol. The molecule has 1 amide bonds. The fourth-order valence-electron chi connectivity index (χ4n) is 2.77. The van der Waals surface area contributed by atoms with Crippen molar-refractivity contribution in [1.82, 2.24) is 9.80 Å². The topological polar surface area (TPSA) is 70.1 Å². The number of aliphatic carboxylic acids is 1. The Labute approximate surface area is 113 Å². The first kappa shape index (κ1) is 14.3. The van der Waals surface area contributed by atoms with Crippen molar-refractivity contribution >= 4 is 11.9 Å². The second kappa shape index (κ2) is 6.34. The molecule has 2 rings (SSSR count). The van der Waals surface area contributed by atoms with Crippen LogP contribution >= 0.6 is 0 Å². The van der Waals surface area contributed by atoms with Crippen molar-refractivity contribution in [1.29, 1.82) is 0 Å². The number of morpholine rings is 1. The predicted molar refractivity (Wildman–Crippen MR) is 68.8 cm³/mol. The van der Waals surface area contributed by atoms with Crippen LogP contribution in [0.25, 0.3) is 0 Å². The molecule has 2 saturated heterocycles. The van der Waals surface area contributed by atoms with Crippen LogP contribution in [0.5, 0.6) is 0 Å². The van der Waals surface area contributed by atoms with Crippen molar-refractivity contribution < 1.29 is 19.4 Å². The first-order valence-electron chi connectivity index (χ1n) is 6.94. The zero-order valence-corrected chi connectivity index (χ0v) is 11.4. The summed E-state index contributed by atoms with van der Waals surface area (Å²) >= 11 is 0. The minimum Gasteiger partial charge on any atom is -0.481 e. The number of rotatable bonds is 4. The second-order valence-electron chi connectivity index (χ2n) is 5.29. The number of ether oxygens (including phenoxy) is 1. The molecule has 6 nitrogen and oxygen atoms in total. The standard InChI is InChI=1S/C13H22N2O4/c1-10(13(18)14-4-2-3-5-14)15-6-7-19-11(9-15)8-12(16)17/h10-11H,2-9H2,1H3,(H,16,17). The van der Waals surface area contributed by atoms with Gasteiger partial charge in [-0.25, -0.2) is 0 Å². The number of hydrogen-bond donors (Lipinski definition) is 1. The van der Waals surface area contributed by atoms with Gasteiger partial charge in [0.1, 0.15) is 0 Å². The van der Waals surface area contributed by atoms with Gasteiger partial charge >= 0.3 is 5.97 Å². The lowest BCUT2D eigenvalue weighted by molar-refractivity contribution is -0.144. The molecule has 0 bridgehead atoms. The Morgan fingerprint density at radius 1 is 1.32 bits per heavy atom. The van der Waals surface area contributed by atoms with E-state index in [-0.39, 0.29) is 24.5 Å². The fourth-order valence-corrected chi connectivity index (χ4v) is 2.77. The maximum absolute atomic E-state index is 12.3. The molecule has 2 atom stereocenters. The zero-order valence-electron chi connectivity index (χ0n) is 11.4. The smallest absolute Gasteiger partial charge is 0.306 e. The van der Waals surface area contributed by atoms with Gasteiger partial charge in [0.15, 0.2) is 0 Å². The van der Waals surface area contributed by atoms with E-state index in [4.69, 9.17) is 9.84 Å². The van der Waals surface area contributed by atoms with E-state index in [1.54, 1.807) is 0 Å². The van der Waals surface area contributed by atoms with Crippen LogP contribution in [-0.4, -0.2) is 71.7 Å². The third kappa shape index (κ3) is 3.67. The Morgan fingerprint density at radius 3 is 2.63 bits per heavy atom. The molecule has 0 spiro atoms. The molecule has 0 aromatic heterocycles. The molecule has 2 fully saturated rings. The number of carbonyl (C=O) groups is 2. The van der Waals surface area contributed by atoms with Crippen LogP contribution in [0.4, 0.5) is 0 Å². The van der Waals surface area contributed by atoms with Crippen LogP contribution in [0.2, 0.25) is 0 Å². The molecular formula is C13H22N2O4. The van der Waals surface area contributed by atoms with Gasteiger partial charge in [-0.1, -0.05) is 0 Å². The summed E-state index contributed by atoms with van der Waals surface area (Å²) in [6, 6.07) is -0.182. The Kier molecular flexibility index (Phi) is 4.76. The Hall–Kier alpha value is -1.14. The van der Waals surface area contributed by atoms with E-state index in [9.17, 15) is 9.59 Å². The summed E-state index contributed by atoms with van der Waals surface area (Å²) in [4.78, 5) is 27.0. The molecule has 6 heteroatoms. The Morgan fingerprint density at radius 2 is 2.00 bits per heavy atom. The normalized spacial score (nSPS) is 26.4. The average Bonchev–Trinajstić information content (AvgIpc) is 2.90. The lowest BCUT2D eigenvalue weighted by atomic mass is 10.1. The first-order valence-corrected chi connectivity index (χ1v) is 6.94. The summed E-state index contributed by atoms with van der Waals surface area (Å²) in [6.45, 7) is 5.32. The van der Waals surface area contributed by atoms with Crippen LogP contribution in [0.1, 0.15) is 26.2 Å². The largest absolute Gasteiger partial charge is 0.481 e. The van der Waals surface area contributed by atoms with Crippen molar-refractivity contribution in [3.8, 4) is 0 Å². The van der Waals surface area contributed by atoms with Gasteiger partial charge in [0, 0.05) is 26.2 Å². The third-order valence-corrected chi connectivity index (χ3v) is 3.90. The molecule has 1 N–H and O–H groups in total. The monoisotopic (exact) mass is 270 g/mol. The highest BCUT2D eigenvalue weighted by Gasteiger charge is 2.31. The predicted octanol–water partition coefficient (Wildman–Crippen LogP) is 0.173. The van der Waals surface area contributed by atoms with Gasteiger partial charge in [0.05, 0.1) is 25.2 Å². The lowest BCUT2D eigenvalue weighted by Gasteiger charge is -2.37. The molecular weight excluding hydrogens is 248 g/mol. The summed E-state index contributed by atoms with van der Waals surface area (Å²) in [6.07, 6.45) is 1.87. The number of carboxylic acid groups (broad SMARTS) is 1. The van der Waals surface area contributed by atoms with E-state index < -0.39 is 5.97 Å². The molecule has 2 unspecified atom stereocenters. The van der Waals surface area contributed by atoms with Crippen LogP contribution < -0.4 is 0 Å². The number of nitrogens with zero attached hydrogens (tertiary/aromatic N) is 2. The van der Waals surface area contributed by atoms with Crippen molar-refractivity contribution in [2.45, 2.75) is 38.3 Å². The van der Waals surface area contributed by atoms with Crippen LogP contribution in [0.3, 0.4) is 0 Å². The number of carboxylic acids is 1. The van der Waals surface area contributed by atoms with E-state index in [1.165, 1.54) is 0 Å². The van der Waals surface area contributed by atoms with E-state index >= 15 is 0 Å². The summed E-state index contributed by atoms with van der Waals surface area (Å²) in [5.41, 5.74) is 0.